The molecule has 2 aromatic heterocycles. The van der Waals surface area contributed by atoms with E-state index < -0.39 is 0 Å². The minimum Gasteiger partial charge on any atom is -0.240 e. The molecule has 0 saturated heterocycles. The zero-order chi connectivity index (χ0) is 10.7. The van der Waals surface area contributed by atoms with E-state index in [-0.39, 0.29) is 0 Å². The number of nitrogens with zero attached hydrogens (tertiary/aromatic N) is 2. The standard InChI is InChI=1S/C12H14N3/c1-14-9-6-11(7-10-14)13-12-5-3-4-8-15(12)2/h3-10H,1-2H3/q+1/p+1. The Bertz CT molecular complexity index is 449. The second-order valence-electron chi connectivity index (χ2n) is 3.57. The normalized spacial score (nSPS) is 10.0. The van der Waals surface area contributed by atoms with Gasteiger partial charge in [0.2, 0.25) is 0 Å². The molecule has 0 aliphatic heterocycles. The molecule has 0 fully saturated rings. The summed E-state index contributed by atoms with van der Waals surface area (Å²) in [5, 5.41) is 3.35. The molecule has 76 valence electrons. The number of anilines is 2. The zero-order valence-electron chi connectivity index (χ0n) is 9.01. The first kappa shape index (κ1) is 9.65. The molecule has 0 aliphatic rings. The SMILES string of the molecule is C[n+]1ccc(Nc2cccc[n+]2C)cc1. The molecule has 0 spiro atoms. The second-order valence-corrected chi connectivity index (χ2v) is 3.57. The minimum absolute atomic E-state index is 1.08. The predicted octanol–water partition coefficient (Wildman–Crippen LogP) is 1.08. The number of nitrogens with one attached hydrogen (secondary N) is 1. The summed E-state index contributed by atoms with van der Waals surface area (Å²) in [6, 6.07) is 10.2. The minimum atomic E-state index is 1.08. The lowest BCUT2D eigenvalue weighted by molar-refractivity contribution is -0.671. The molecule has 0 bridgehead atoms. The first-order valence-electron chi connectivity index (χ1n) is 4.93. The molecule has 3 heteroatoms. The van der Waals surface area contributed by atoms with Crippen molar-refractivity contribution >= 4 is 11.5 Å². The number of rotatable bonds is 2. The van der Waals surface area contributed by atoms with Crippen LogP contribution in [0.15, 0.2) is 48.9 Å². The van der Waals surface area contributed by atoms with Crippen LogP contribution in [-0.4, -0.2) is 0 Å². The topological polar surface area (TPSA) is 19.8 Å². The van der Waals surface area contributed by atoms with Crippen LogP contribution in [0.1, 0.15) is 0 Å². The highest BCUT2D eigenvalue weighted by Gasteiger charge is 2.05. The van der Waals surface area contributed by atoms with E-state index in [0.717, 1.165) is 11.5 Å². The van der Waals surface area contributed by atoms with E-state index in [4.69, 9.17) is 0 Å². The van der Waals surface area contributed by atoms with Crippen molar-refractivity contribution in [3.63, 3.8) is 0 Å². The van der Waals surface area contributed by atoms with Crippen molar-refractivity contribution in [2.24, 2.45) is 14.1 Å². The van der Waals surface area contributed by atoms with E-state index in [1.165, 1.54) is 0 Å². The van der Waals surface area contributed by atoms with Crippen molar-refractivity contribution in [1.82, 2.24) is 0 Å². The van der Waals surface area contributed by atoms with Gasteiger partial charge in [0.1, 0.15) is 12.7 Å². The maximum Gasteiger partial charge on any atom is 0.279 e. The Morgan fingerprint density at radius 2 is 1.67 bits per heavy atom. The number of aryl methyl sites for hydroxylation is 2. The van der Waals surface area contributed by atoms with Crippen LogP contribution in [0.25, 0.3) is 0 Å². The first-order valence-corrected chi connectivity index (χ1v) is 4.93. The molecule has 15 heavy (non-hydrogen) atoms. The van der Waals surface area contributed by atoms with Crippen molar-refractivity contribution in [3.05, 3.63) is 48.9 Å². The summed E-state index contributed by atoms with van der Waals surface area (Å²) in [5.74, 6) is 1.08. The number of hydrogen-bond donors (Lipinski definition) is 1. The van der Waals surface area contributed by atoms with E-state index in [2.05, 4.69) is 5.32 Å². The molecule has 3 nitrogen and oxygen atoms in total. The van der Waals surface area contributed by atoms with Gasteiger partial charge >= 0.3 is 0 Å². The Kier molecular flexibility index (Phi) is 2.63. The molecular formula is C12H15N3+2. The molecule has 0 unspecified atom stereocenters. The fraction of sp³-hybridized carbons (Fsp3) is 0.167. The van der Waals surface area contributed by atoms with Gasteiger partial charge in [-0.3, -0.25) is 0 Å². The van der Waals surface area contributed by atoms with Crippen LogP contribution in [0.5, 0.6) is 0 Å². The Labute approximate surface area is 89.6 Å². The summed E-state index contributed by atoms with van der Waals surface area (Å²) in [7, 11) is 4.03. The lowest BCUT2D eigenvalue weighted by atomic mass is 10.4. The van der Waals surface area contributed by atoms with Gasteiger partial charge in [-0.25, -0.2) is 14.5 Å². The summed E-state index contributed by atoms with van der Waals surface area (Å²) in [6.07, 6.45) is 6.06. The average Bonchev–Trinajstić information content (AvgIpc) is 2.25. The molecule has 0 aromatic carbocycles. The summed E-state index contributed by atoms with van der Waals surface area (Å²) in [5.41, 5.74) is 1.09. The first-order chi connectivity index (χ1) is 7.25. The van der Waals surface area contributed by atoms with Crippen LogP contribution in [0.4, 0.5) is 11.5 Å². The van der Waals surface area contributed by atoms with Crippen LogP contribution in [0, 0.1) is 0 Å². The molecule has 2 aromatic rings. The number of pyridine rings is 2. The fourth-order valence-corrected chi connectivity index (χ4v) is 1.39. The smallest absolute Gasteiger partial charge is 0.240 e. The van der Waals surface area contributed by atoms with Crippen molar-refractivity contribution in [3.8, 4) is 0 Å². The Hall–Kier alpha value is -1.90. The van der Waals surface area contributed by atoms with Gasteiger partial charge < -0.3 is 0 Å². The van der Waals surface area contributed by atoms with Crippen molar-refractivity contribution < 1.29 is 9.13 Å². The predicted molar refractivity (Wildman–Crippen MR) is 58.5 cm³/mol. The van der Waals surface area contributed by atoms with E-state index in [0.29, 0.717) is 0 Å². The maximum absolute atomic E-state index is 3.35. The average molecular weight is 201 g/mol. The molecule has 2 heterocycles. The van der Waals surface area contributed by atoms with Crippen molar-refractivity contribution in [1.29, 1.82) is 0 Å². The number of aromatic nitrogens is 2. The third-order valence-electron chi connectivity index (χ3n) is 2.31. The zero-order valence-corrected chi connectivity index (χ0v) is 9.01. The third kappa shape index (κ3) is 2.31. The Balaban J connectivity index is 2.22. The third-order valence-corrected chi connectivity index (χ3v) is 2.31. The van der Waals surface area contributed by atoms with Crippen LogP contribution in [0.2, 0.25) is 0 Å². The Morgan fingerprint density at radius 1 is 0.933 bits per heavy atom. The highest BCUT2D eigenvalue weighted by atomic mass is 15.1. The van der Waals surface area contributed by atoms with Gasteiger partial charge in [-0.2, -0.15) is 0 Å². The van der Waals surface area contributed by atoms with E-state index in [1.807, 2.05) is 72.2 Å². The highest BCUT2D eigenvalue weighted by molar-refractivity contribution is 5.51. The summed E-state index contributed by atoms with van der Waals surface area (Å²) >= 11 is 0. The molecule has 1 N–H and O–H groups in total. The van der Waals surface area contributed by atoms with E-state index in [9.17, 15) is 0 Å². The van der Waals surface area contributed by atoms with Gasteiger partial charge in [-0.15, -0.1) is 0 Å². The van der Waals surface area contributed by atoms with Crippen LogP contribution >= 0.6 is 0 Å². The highest BCUT2D eigenvalue weighted by Crippen LogP contribution is 2.09. The van der Waals surface area contributed by atoms with Gasteiger partial charge in [-0.1, -0.05) is 6.07 Å². The van der Waals surface area contributed by atoms with Crippen molar-refractivity contribution in [2.45, 2.75) is 0 Å². The molecule has 0 saturated carbocycles. The molecule has 2 rings (SSSR count). The quantitative estimate of drug-likeness (QED) is 0.721. The number of hydrogen-bond acceptors (Lipinski definition) is 1. The van der Waals surface area contributed by atoms with Gasteiger partial charge in [0.05, 0.1) is 13.2 Å². The molecule has 0 atom stereocenters. The monoisotopic (exact) mass is 201 g/mol. The van der Waals surface area contributed by atoms with Crippen LogP contribution in [0.3, 0.4) is 0 Å². The summed E-state index contributed by atoms with van der Waals surface area (Å²) < 4.78 is 4.06. The second kappa shape index (κ2) is 4.09. The van der Waals surface area contributed by atoms with Crippen LogP contribution < -0.4 is 14.5 Å². The molecule has 0 amide bonds. The molecule has 0 aliphatic carbocycles. The Morgan fingerprint density at radius 3 is 2.33 bits per heavy atom. The van der Waals surface area contributed by atoms with Gasteiger partial charge in [0, 0.05) is 18.2 Å². The molecular weight excluding hydrogens is 186 g/mol. The van der Waals surface area contributed by atoms with Gasteiger partial charge in [0.15, 0.2) is 12.4 Å². The van der Waals surface area contributed by atoms with Crippen molar-refractivity contribution in [2.75, 3.05) is 5.32 Å². The van der Waals surface area contributed by atoms with Gasteiger partial charge in [-0.05, 0) is 6.07 Å². The summed E-state index contributed by atoms with van der Waals surface area (Å²) in [4.78, 5) is 0. The maximum atomic E-state index is 3.35. The lowest BCUT2D eigenvalue weighted by Gasteiger charge is -2.00. The van der Waals surface area contributed by atoms with E-state index >= 15 is 0 Å². The van der Waals surface area contributed by atoms with Gasteiger partial charge in [0.25, 0.3) is 5.82 Å². The van der Waals surface area contributed by atoms with Crippen LogP contribution in [-0.2, 0) is 14.1 Å². The van der Waals surface area contributed by atoms with E-state index in [1.54, 1.807) is 0 Å². The fourth-order valence-electron chi connectivity index (χ4n) is 1.39. The summed E-state index contributed by atoms with van der Waals surface area (Å²) in [6.45, 7) is 0. The largest absolute Gasteiger partial charge is 0.279 e. The molecule has 0 radical (unpaired) electrons. The lowest BCUT2D eigenvalue weighted by Crippen LogP contribution is -2.31.